The molecule has 234 valence electrons. The van der Waals surface area contributed by atoms with Crippen LogP contribution in [0.1, 0.15) is 18.0 Å². The SMILES string of the molecule is C=CC(=O)Nc1cc(Nc2cc(N3OCCC3c3cccc(Oc4ccccc4)c3)ccn2)c(OC)cc1N(C)CCN(C)C. The number of hydroxylamine groups is 1. The summed E-state index contributed by atoms with van der Waals surface area (Å²) >= 11 is 0. The summed E-state index contributed by atoms with van der Waals surface area (Å²) in [6.45, 7) is 5.79. The number of rotatable bonds is 13. The maximum absolute atomic E-state index is 12.4. The number of benzene rings is 3. The van der Waals surface area contributed by atoms with Crippen molar-refractivity contribution in [2.24, 2.45) is 0 Å². The van der Waals surface area contributed by atoms with E-state index in [4.69, 9.17) is 14.3 Å². The summed E-state index contributed by atoms with van der Waals surface area (Å²) in [5.41, 5.74) is 4.04. The Kier molecular flexibility index (Phi) is 10.2. The number of likely N-dealkylation sites (N-methyl/N-ethyl adjacent to an activating group) is 2. The van der Waals surface area contributed by atoms with Crippen molar-refractivity contribution >= 4 is 34.5 Å². The van der Waals surface area contributed by atoms with Crippen molar-refractivity contribution < 1.29 is 19.1 Å². The van der Waals surface area contributed by atoms with Crippen LogP contribution in [0.4, 0.5) is 28.6 Å². The third-order valence-corrected chi connectivity index (χ3v) is 7.44. The summed E-state index contributed by atoms with van der Waals surface area (Å²) < 4.78 is 11.9. The second-order valence-electron chi connectivity index (χ2n) is 11.0. The number of hydrogen-bond acceptors (Lipinski definition) is 9. The summed E-state index contributed by atoms with van der Waals surface area (Å²) in [6.07, 6.45) is 3.81. The number of pyridine rings is 1. The van der Waals surface area contributed by atoms with E-state index in [1.54, 1.807) is 13.3 Å². The van der Waals surface area contributed by atoms with Crippen LogP contribution in [0.5, 0.6) is 17.2 Å². The molecule has 2 N–H and O–H groups in total. The molecule has 0 saturated carbocycles. The molecule has 1 aliphatic heterocycles. The van der Waals surface area contributed by atoms with Gasteiger partial charge in [-0.2, -0.15) is 0 Å². The van der Waals surface area contributed by atoms with E-state index in [2.05, 4.69) is 44.1 Å². The fourth-order valence-electron chi connectivity index (χ4n) is 5.10. The molecule has 1 amide bonds. The van der Waals surface area contributed by atoms with Crippen LogP contribution in [0, 0.1) is 0 Å². The van der Waals surface area contributed by atoms with E-state index in [0.717, 1.165) is 47.9 Å². The molecule has 1 atom stereocenters. The average molecular weight is 609 g/mol. The smallest absolute Gasteiger partial charge is 0.247 e. The van der Waals surface area contributed by atoms with Gasteiger partial charge < -0.3 is 29.9 Å². The zero-order chi connectivity index (χ0) is 31.8. The van der Waals surface area contributed by atoms with Crippen LogP contribution < -0.4 is 30.1 Å². The lowest BCUT2D eigenvalue weighted by Crippen LogP contribution is -2.29. The summed E-state index contributed by atoms with van der Waals surface area (Å²) in [5, 5.41) is 8.24. The minimum atomic E-state index is -0.302. The van der Waals surface area contributed by atoms with Gasteiger partial charge in [-0.1, -0.05) is 36.9 Å². The van der Waals surface area contributed by atoms with E-state index < -0.39 is 0 Å². The molecule has 3 aromatic carbocycles. The van der Waals surface area contributed by atoms with Gasteiger partial charge in [0.2, 0.25) is 5.91 Å². The number of anilines is 5. The topological polar surface area (TPSA) is 91.4 Å². The molecule has 0 aliphatic carbocycles. The minimum Gasteiger partial charge on any atom is -0.494 e. The fraction of sp³-hybridized carbons (Fsp3) is 0.257. The van der Waals surface area contributed by atoms with Gasteiger partial charge in [-0.15, -0.1) is 0 Å². The van der Waals surface area contributed by atoms with Crippen LogP contribution in [0.15, 0.2) is 97.7 Å². The molecule has 0 radical (unpaired) electrons. The summed E-state index contributed by atoms with van der Waals surface area (Å²) in [5.74, 6) is 2.45. The van der Waals surface area contributed by atoms with Gasteiger partial charge in [0.1, 0.15) is 23.1 Å². The Labute approximate surface area is 264 Å². The van der Waals surface area contributed by atoms with Crippen LogP contribution in [-0.4, -0.2) is 63.7 Å². The molecule has 1 unspecified atom stereocenters. The second kappa shape index (κ2) is 14.6. The zero-order valence-corrected chi connectivity index (χ0v) is 26.2. The van der Waals surface area contributed by atoms with Crippen LogP contribution in [0.3, 0.4) is 0 Å². The fourth-order valence-corrected chi connectivity index (χ4v) is 5.10. The first-order valence-electron chi connectivity index (χ1n) is 14.8. The van der Waals surface area contributed by atoms with Gasteiger partial charge in [-0.05, 0) is 62.1 Å². The van der Waals surface area contributed by atoms with Crippen molar-refractivity contribution in [3.8, 4) is 17.2 Å². The maximum atomic E-state index is 12.4. The standard InChI is InChI=1S/C35H40N6O4/c1-6-35(42)38-29-23-30(33(43-5)24-32(29)40(4)19-18-39(2)3)37-34-22-26(15-17-36-34)41-31(16-20-44-41)25-11-10-14-28(21-25)45-27-12-8-7-9-13-27/h6-15,17,21-24,31H,1,16,18-20H2,2-5H3,(H,36,37)(H,38,42). The lowest BCUT2D eigenvalue weighted by atomic mass is 10.0. The van der Waals surface area contributed by atoms with Crippen molar-refractivity contribution in [3.05, 3.63) is 103 Å². The van der Waals surface area contributed by atoms with Crippen LogP contribution >= 0.6 is 0 Å². The van der Waals surface area contributed by atoms with E-state index in [1.165, 1.54) is 6.08 Å². The third-order valence-electron chi connectivity index (χ3n) is 7.44. The molecule has 10 heteroatoms. The Hall–Kier alpha value is -5.06. The molecular formula is C35H40N6O4. The summed E-state index contributed by atoms with van der Waals surface area (Å²) in [6, 6.07) is 25.4. The van der Waals surface area contributed by atoms with Gasteiger partial charge in [0, 0.05) is 44.9 Å². The molecule has 2 heterocycles. The minimum absolute atomic E-state index is 0.00758. The second-order valence-corrected chi connectivity index (χ2v) is 11.0. The highest BCUT2D eigenvalue weighted by Gasteiger charge is 2.29. The lowest BCUT2D eigenvalue weighted by Gasteiger charge is -2.26. The van der Waals surface area contributed by atoms with Gasteiger partial charge in [0.15, 0.2) is 0 Å². The number of nitrogens with zero attached hydrogens (tertiary/aromatic N) is 4. The molecule has 1 fully saturated rings. The number of carbonyl (C=O) groups is 1. The van der Waals surface area contributed by atoms with Crippen LogP contribution in [0.2, 0.25) is 0 Å². The van der Waals surface area contributed by atoms with Crippen LogP contribution in [0.25, 0.3) is 0 Å². The number of amides is 1. The zero-order valence-electron chi connectivity index (χ0n) is 26.2. The Balaban J connectivity index is 1.39. The van der Waals surface area contributed by atoms with E-state index in [1.807, 2.05) is 92.9 Å². The first kappa shape index (κ1) is 31.4. The highest BCUT2D eigenvalue weighted by Crippen LogP contribution is 2.40. The average Bonchev–Trinajstić information content (AvgIpc) is 3.55. The molecular weight excluding hydrogens is 568 g/mol. The lowest BCUT2D eigenvalue weighted by molar-refractivity contribution is -0.111. The molecule has 0 spiro atoms. The van der Waals surface area contributed by atoms with Crippen molar-refractivity contribution in [2.45, 2.75) is 12.5 Å². The molecule has 5 rings (SSSR count). The summed E-state index contributed by atoms with van der Waals surface area (Å²) in [7, 11) is 7.65. The van der Waals surface area contributed by atoms with Gasteiger partial charge in [0.05, 0.1) is 42.5 Å². The van der Waals surface area contributed by atoms with Gasteiger partial charge in [-0.25, -0.2) is 10.0 Å². The van der Waals surface area contributed by atoms with E-state index in [-0.39, 0.29) is 11.9 Å². The third kappa shape index (κ3) is 7.91. The number of hydrogen-bond donors (Lipinski definition) is 2. The number of ether oxygens (including phenoxy) is 2. The van der Waals surface area contributed by atoms with Crippen molar-refractivity contribution in [2.75, 3.05) is 68.5 Å². The number of aromatic nitrogens is 1. The molecule has 1 aliphatic rings. The number of nitrogens with one attached hydrogen (secondary N) is 2. The Morgan fingerprint density at radius 1 is 1.02 bits per heavy atom. The van der Waals surface area contributed by atoms with E-state index in [9.17, 15) is 4.79 Å². The number of para-hydroxylation sites is 1. The Morgan fingerprint density at radius 2 is 1.82 bits per heavy atom. The first-order valence-corrected chi connectivity index (χ1v) is 14.8. The highest BCUT2D eigenvalue weighted by atomic mass is 16.7. The first-order chi connectivity index (χ1) is 21.8. The Morgan fingerprint density at radius 3 is 2.58 bits per heavy atom. The van der Waals surface area contributed by atoms with Gasteiger partial charge >= 0.3 is 0 Å². The molecule has 45 heavy (non-hydrogen) atoms. The molecule has 10 nitrogen and oxygen atoms in total. The quantitative estimate of drug-likeness (QED) is 0.162. The molecule has 1 saturated heterocycles. The predicted octanol–water partition coefficient (Wildman–Crippen LogP) is 6.63. The largest absolute Gasteiger partial charge is 0.494 e. The van der Waals surface area contributed by atoms with Gasteiger partial charge in [0.25, 0.3) is 0 Å². The van der Waals surface area contributed by atoms with Crippen molar-refractivity contribution in [3.63, 3.8) is 0 Å². The molecule has 0 bridgehead atoms. The number of methoxy groups -OCH3 is 1. The molecule has 1 aromatic heterocycles. The monoisotopic (exact) mass is 608 g/mol. The number of carbonyl (C=O) groups excluding carboxylic acids is 1. The van der Waals surface area contributed by atoms with E-state index >= 15 is 0 Å². The van der Waals surface area contributed by atoms with Crippen LogP contribution in [-0.2, 0) is 9.63 Å². The van der Waals surface area contributed by atoms with E-state index in [0.29, 0.717) is 29.5 Å². The highest BCUT2D eigenvalue weighted by molar-refractivity contribution is 6.02. The summed E-state index contributed by atoms with van der Waals surface area (Å²) in [4.78, 5) is 27.2. The van der Waals surface area contributed by atoms with Gasteiger partial charge in [-0.3, -0.25) is 9.63 Å². The predicted molar refractivity (Wildman–Crippen MR) is 180 cm³/mol. The van der Waals surface area contributed by atoms with Crippen molar-refractivity contribution in [1.29, 1.82) is 0 Å². The molecule has 4 aromatic rings. The normalized spacial score (nSPS) is 14.2. The maximum Gasteiger partial charge on any atom is 0.247 e. The Bertz CT molecular complexity index is 1610. The van der Waals surface area contributed by atoms with Crippen molar-refractivity contribution in [1.82, 2.24) is 9.88 Å².